The molecular weight excluding hydrogens is 308 g/mol. The summed E-state index contributed by atoms with van der Waals surface area (Å²) in [6.45, 7) is 3.93. The molecule has 6 unspecified atom stereocenters. The largest absolute Gasteiger partial charge is 0.462 e. The van der Waals surface area contributed by atoms with Gasteiger partial charge in [0.25, 0.3) is 0 Å². The number of fused-ring (bicyclic) bond motifs is 5. The first-order valence-corrected chi connectivity index (χ1v) is 9.60. The molecule has 0 heterocycles. The number of hydrogen-bond donors (Lipinski definition) is 0. The minimum absolute atomic E-state index is 0.114. The summed E-state index contributed by atoms with van der Waals surface area (Å²) in [6, 6.07) is 0. The Morgan fingerprint density at radius 3 is 2.87 bits per heavy atom. The van der Waals surface area contributed by atoms with Crippen molar-refractivity contribution < 1.29 is 9.53 Å². The minimum Gasteiger partial charge on any atom is -0.462 e. The zero-order chi connectivity index (χ0) is 16.2. The van der Waals surface area contributed by atoms with Gasteiger partial charge in [-0.05, 0) is 80.3 Å². The van der Waals surface area contributed by atoms with Gasteiger partial charge in [-0.1, -0.05) is 24.6 Å². The number of ether oxygens (including phenoxy) is 1. The Labute approximate surface area is 144 Å². The van der Waals surface area contributed by atoms with Crippen LogP contribution in [0, 0.1) is 29.1 Å². The van der Waals surface area contributed by atoms with Crippen LogP contribution in [0.15, 0.2) is 22.8 Å². The summed E-state index contributed by atoms with van der Waals surface area (Å²) < 4.78 is 5.70. The molecule has 0 N–H and O–H groups in total. The fraction of sp³-hybridized carbons (Fsp3) is 0.750. The van der Waals surface area contributed by atoms with Crippen LogP contribution in [0.4, 0.5) is 0 Å². The first-order valence-electron chi connectivity index (χ1n) is 9.22. The Morgan fingerprint density at radius 1 is 1.26 bits per heavy atom. The first kappa shape index (κ1) is 15.7. The molecule has 2 fully saturated rings. The Kier molecular flexibility index (Phi) is 3.87. The lowest BCUT2D eigenvalue weighted by Crippen LogP contribution is -2.47. The van der Waals surface area contributed by atoms with Crippen LogP contribution in [0.1, 0.15) is 58.8 Å². The van der Waals surface area contributed by atoms with Gasteiger partial charge in [0.1, 0.15) is 6.10 Å². The van der Waals surface area contributed by atoms with Gasteiger partial charge < -0.3 is 4.74 Å². The Morgan fingerprint density at radius 2 is 2.09 bits per heavy atom. The van der Waals surface area contributed by atoms with E-state index in [1.807, 2.05) is 0 Å². The van der Waals surface area contributed by atoms with Gasteiger partial charge >= 0.3 is 5.97 Å². The van der Waals surface area contributed by atoms with Gasteiger partial charge in [-0.15, -0.1) is 0 Å². The summed E-state index contributed by atoms with van der Waals surface area (Å²) in [4.78, 5) is 11.5. The molecule has 0 aromatic heterocycles. The monoisotopic (exact) mass is 334 g/mol. The number of carbonyl (C=O) groups is 1. The van der Waals surface area contributed by atoms with Crippen molar-refractivity contribution in [1.29, 1.82) is 0 Å². The molecule has 0 aliphatic heterocycles. The van der Waals surface area contributed by atoms with Gasteiger partial charge in [-0.3, -0.25) is 4.79 Å². The fourth-order valence-electron chi connectivity index (χ4n) is 6.27. The van der Waals surface area contributed by atoms with E-state index in [9.17, 15) is 4.79 Å². The van der Waals surface area contributed by atoms with Gasteiger partial charge in [-0.2, -0.15) is 0 Å². The maximum atomic E-state index is 11.5. The normalized spacial score (nSPS) is 45.3. The summed E-state index contributed by atoms with van der Waals surface area (Å²) in [6.07, 6.45) is 13.0. The number of halogens is 1. The summed E-state index contributed by atoms with van der Waals surface area (Å²) >= 11 is 6.26. The molecule has 0 aromatic carbocycles. The molecule has 4 aliphatic carbocycles. The number of allylic oxidation sites excluding steroid dienone is 4. The van der Waals surface area contributed by atoms with Gasteiger partial charge in [0, 0.05) is 17.4 Å². The molecule has 4 rings (SSSR count). The number of esters is 1. The van der Waals surface area contributed by atoms with Crippen molar-refractivity contribution in [2.45, 2.75) is 64.9 Å². The molecule has 0 aromatic rings. The highest BCUT2D eigenvalue weighted by Crippen LogP contribution is 2.61. The SMILES string of the molecule is CC(=O)OC1CCC2C3CC=C4C=C(Cl)CCC4C3CCC12C. The van der Waals surface area contributed by atoms with Gasteiger partial charge in [0.05, 0.1) is 0 Å². The van der Waals surface area contributed by atoms with Crippen LogP contribution in [0.25, 0.3) is 0 Å². The second kappa shape index (κ2) is 5.65. The Bertz CT molecular complexity index is 578. The third kappa shape index (κ3) is 2.49. The van der Waals surface area contributed by atoms with Crippen molar-refractivity contribution >= 4 is 17.6 Å². The summed E-state index contributed by atoms with van der Waals surface area (Å²) in [5, 5.41) is 1.03. The summed E-state index contributed by atoms with van der Waals surface area (Å²) in [5.74, 6) is 2.90. The molecular formula is C20H27ClO2. The molecule has 6 atom stereocenters. The average Bonchev–Trinajstić information content (AvgIpc) is 2.83. The van der Waals surface area contributed by atoms with Gasteiger partial charge in [0.15, 0.2) is 0 Å². The fourth-order valence-corrected chi connectivity index (χ4v) is 6.50. The highest BCUT2D eigenvalue weighted by Gasteiger charge is 2.56. The van der Waals surface area contributed by atoms with E-state index in [0.29, 0.717) is 11.8 Å². The van der Waals surface area contributed by atoms with Crippen LogP contribution < -0.4 is 0 Å². The smallest absolute Gasteiger partial charge is 0.302 e. The van der Waals surface area contributed by atoms with Crippen LogP contribution in [-0.2, 0) is 9.53 Å². The van der Waals surface area contributed by atoms with Crippen LogP contribution in [0.2, 0.25) is 0 Å². The van der Waals surface area contributed by atoms with E-state index in [1.165, 1.54) is 37.7 Å². The van der Waals surface area contributed by atoms with Crippen molar-refractivity contribution in [2.24, 2.45) is 29.1 Å². The Balaban J connectivity index is 1.59. The van der Waals surface area contributed by atoms with Gasteiger partial charge in [0.2, 0.25) is 0 Å². The van der Waals surface area contributed by atoms with Crippen LogP contribution in [-0.4, -0.2) is 12.1 Å². The molecule has 0 bridgehead atoms. The van der Waals surface area contributed by atoms with Crippen LogP contribution in [0.3, 0.4) is 0 Å². The van der Waals surface area contributed by atoms with Crippen molar-refractivity contribution in [3.8, 4) is 0 Å². The molecule has 126 valence electrons. The van der Waals surface area contributed by atoms with E-state index < -0.39 is 0 Å². The van der Waals surface area contributed by atoms with Crippen LogP contribution >= 0.6 is 11.6 Å². The highest BCUT2D eigenvalue weighted by atomic mass is 35.5. The quantitative estimate of drug-likeness (QED) is 0.614. The number of rotatable bonds is 1. The molecule has 0 spiro atoms. The predicted octanol–water partition coefficient (Wildman–Crippen LogP) is 5.22. The van der Waals surface area contributed by atoms with E-state index in [1.54, 1.807) is 6.92 Å². The minimum atomic E-state index is -0.114. The topological polar surface area (TPSA) is 26.3 Å². The van der Waals surface area contributed by atoms with Crippen molar-refractivity contribution in [3.63, 3.8) is 0 Å². The molecule has 4 aliphatic rings. The van der Waals surface area contributed by atoms with Crippen molar-refractivity contribution in [3.05, 3.63) is 22.8 Å². The third-order valence-corrected chi connectivity index (χ3v) is 7.60. The number of hydrogen-bond acceptors (Lipinski definition) is 2. The van der Waals surface area contributed by atoms with Crippen molar-refractivity contribution in [1.82, 2.24) is 0 Å². The van der Waals surface area contributed by atoms with Gasteiger partial charge in [-0.25, -0.2) is 0 Å². The molecule has 2 nitrogen and oxygen atoms in total. The van der Waals surface area contributed by atoms with E-state index in [2.05, 4.69) is 19.1 Å². The molecule has 0 saturated heterocycles. The van der Waals surface area contributed by atoms with Crippen molar-refractivity contribution in [2.75, 3.05) is 0 Å². The van der Waals surface area contributed by atoms with E-state index in [-0.39, 0.29) is 17.5 Å². The third-order valence-electron chi connectivity index (χ3n) is 7.30. The van der Waals surface area contributed by atoms with E-state index >= 15 is 0 Å². The summed E-state index contributed by atoms with van der Waals surface area (Å²) in [7, 11) is 0. The highest BCUT2D eigenvalue weighted by molar-refractivity contribution is 6.29. The Hall–Kier alpha value is -0.760. The average molecular weight is 335 g/mol. The maximum Gasteiger partial charge on any atom is 0.302 e. The lowest BCUT2D eigenvalue weighted by molar-refractivity contribution is -0.155. The second-order valence-electron chi connectivity index (χ2n) is 8.33. The standard InChI is InChI=1S/C20H27ClO2/c1-12(22)23-19-8-7-18-17-5-3-13-11-14(21)4-6-15(13)16(17)9-10-20(18,19)2/h3,11,15-19H,4-10H2,1-2H3. The number of carbonyl (C=O) groups excluding carboxylic acids is 1. The van der Waals surface area contributed by atoms with E-state index in [4.69, 9.17) is 16.3 Å². The maximum absolute atomic E-state index is 11.5. The first-order chi connectivity index (χ1) is 11.0. The lowest BCUT2D eigenvalue weighted by Gasteiger charge is -2.52. The summed E-state index contributed by atoms with van der Waals surface area (Å²) in [5.41, 5.74) is 1.70. The zero-order valence-electron chi connectivity index (χ0n) is 14.2. The second-order valence-corrected chi connectivity index (χ2v) is 8.82. The molecule has 2 saturated carbocycles. The molecule has 0 radical (unpaired) electrons. The zero-order valence-corrected chi connectivity index (χ0v) is 14.9. The lowest BCUT2D eigenvalue weighted by atomic mass is 9.53. The molecule has 3 heteroatoms. The van der Waals surface area contributed by atoms with Crippen LogP contribution in [0.5, 0.6) is 0 Å². The molecule has 23 heavy (non-hydrogen) atoms. The predicted molar refractivity (Wildman–Crippen MR) is 92.0 cm³/mol. The van der Waals surface area contributed by atoms with E-state index in [0.717, 1.165) is 29.7 Å². The molecule has 0 amide bonds.